The maximum Gasteiger partial charge on any atom is 0.345 e. The molecular formula is C54H56ClFN6O10S. The summed E-state index contributed by atoms with van der Waals surface area (Å²) in [6, 6.07) is 24.5. The quantitative estimate of drug-likeness (QED) is 0.0810. The van der Waals surface area contributed by atoms with E-state index < -0.39 is 18.2 Å². The Bertz CT molecular complexity index is 3000. The summed E-state index contributed by atoms with van der Waals surface area (Å²) in [4.78, 5) is 37.8. The largest absolute Gasteiger partial charge is 0.490 e. The van der Waals surface area contributed by atoms with E-state index in [9.17, 15) is 14.3 Å². The number of rotatable bonds is 18. The molecule has 1 saturated heterocycles. The molecule has 3 aromatic heterocycles. The normalized spacial score (nSPS) is 16.3. The number of aromatic nitrogens is 4. The van der Waals surface area contributed by atoms with Crippen LogP contribution in [-0.2, 0) is 32.0 Å². The molecule has 3 aliphatic rings. The highest BCUT2D eigenvalue weighted by Gasteiger charge is 2.30. The van der Waals surface area contributed by atoms with Gasteiger partial charge >= 0.3 is 5.97 Å². The van der Waals surface area contributed by atoms with Gasteiger partial charge in [0, 0.05) is 68.5 Å². The number of thiophene rings is 1. The van der Waals surface area contributed by atoms with Crippen LogP contribution in [0.2, 0.25) is 5.02 Å². The van der Waals surface area contributed by atoms with Crippen LogP contribution in [0, 0.1) is 12.7 Å². The lowest BCUT2D eigenvalue weighted by Crippen LogP contribution is -2.49. The Morgan fingerprint density at radius 3 is 2.44 bits per heavy atom. The number of carbonyl (C=O) groups is 1. The third kappa shape index (κ3) is 12.8. The highest BCUT2D eigenvalue weighted by atomic mass is 35.5. The number of aliphatic carboxylic acids is 1. The van der Waals surface area contributed by atoms with Gasteiger partial charge in [0.1, 0.15) is 65.9 Å². The van der Waals surface area contributed by atoms with Gasteiger partial charge in [-0.1, -0.05) is 41.9 Å². The van der Waals surface area contributed by atoms with Crippen LogP contribution < -0.4 is 23.7 Å². The molecule has 0 amide bonds. The molecule has 6 heterocycles. The number of hydrogen-bond acceptors (Lipinski definition) is 16. The fourth-order valence-electron chi connectivity index (χ4n) is 8.56. The summed E-state index contributed by atoms with van der Waals surface area (Å²) in [6.07, 6.45) is 0.922. The molecule has 7 aromatic rings. The van der Waals surface area contributed by atoms with Crippen molar-refractivity contribution in [3.05, 3.63) is 125 Å². The van der Waals surface area contributed by atoms with Gasteiger partial charge in [-0.3, -0.25) is 4.90 Å². The van der Waals surface area contributed by atoms with Crippen molar-refractivity contribution in [2.24, 2.45) is 0 Å². The molecule has 0 spiro atoms. The van der Waals surface area contributed by atoms with E-state index in [-0.39, 0.29) is 31.3 Å². The SMILES string of the molecule is COCCOCCOCCOc1ccccc1-c1nccc(COc2ccc3cc2C[C@@H](C(=O)O)Oc2ncnc4sc(-c5ccc(F)cc5)c(c24)-c2ccc(c(Cl)c2C)O[C@H](CN2CCN(C)CC2)CO3)n1. The third-order valence-corrected chi connectivity index (χ3v) is 14.1. The van der Waals surface area contributed by atoms with Crippen molar-refractivity contribution in [1.29, 1.82) is 0 Å². The first-order valence-corrected chi connectivity index (χ1v) is 25.2. The van der Waals surface area contributed by atoms with Gasteiger partial charge in [0.2, 0.25) is 12.0 Å². The number of piperazine rings is 1. The van der Waals surface area contributed by atoms with Crippen LogP contribution >= 0.6 is 22.9 Å². The summed E-state index contributed by atoms with van der Waals surface area (Å²) in [5, 5.41) is 11.8. The van der Waals surface area contributed by atoms with Crippen LogP contribution in [-0.4, -0.2) is 146 Å². The van der Waals surface area contributed by atoms with Gasteiger partial charge in [-0.05, 0) is 85.3 Å². The summed E-state index contributed by atoms with van der Waals surface area (Å²) >= 11 is 8.61. The minimum absolute atomic E-state index is 0.0138. The molecule has 1 fully saturated rings. The maximum atomic E-state index is 14.3. The van der Waals surface area contributed by atoms with Crippen LogP contribution in [0.15, 0.2) is 97.5 Å². The molecule has 3 aliphatic heterocycles. The van der Waals surface area contributed by atoms with Crippen LogP contribution in [0.4, 0.5) is 4.39 Å². The molecule has 0 radical (unpaired) electrons. The third-order valence-electron chi connectivity index (χ3n) is 12.4. The number of nitrogens with zero attached hydrogens (tertiary/aromatic N) is 6. The predicted molar refractivity (Wildman–Crippen MR) is 275 cm³/mol. The van der Waals surface area contributed by atoms with Crippen molar-refractivity contribution in [2.75, 3.05) is 93.1 Å². The predicted octanol–water partition coefficient (Wildman–Crippen LogP) is 8.68. The van der Waals surface area contributed by atoms with E-state index in [0.717, 1.165) is 42.2 Å². The Labute approximate surface area is 431 Å². The molecule has 0 saturated carbocycles. The van der Waals surface area contributed by atoms with E-state index in [4.69, 9.17) is 54.5 Å². The number of methoxy groups -OCH3 is 1. The molecule has 19 heteroatoms. The number of carboxylic acids is 1. The highest BCUT2D eigenvalue weighted by molar-refractivity contribution is 7.22. The molecule has 16 nitrogen and oxygen atoms in total. The summed E-state index contributed by atoms with van der Waals surface area (Å²) in [5.41, 5.74) is 4.55. The molecule has 0 unspecified atom stereocenters. The number of carboxylic acid groups (broad SMARTS) is 1. The van der Waals surface area contributed by atoms with Crippen molar-refractivity contribution in [1.82, 2.24) is 29.7 Å². The van der Waals surface area contributed by atoms with Crippen molar-refractivity contribution in [3.8, 4) is 61.8 Å². The lowest BCUT2D eigenvalue weighted by Gasteiger charge is -2.34. The van der Waals surface area contributed by atoms with Crippen molar-refractivity contribution in [2.45, 2.75) is 32.2 Å². The Morgan fingerprint density at radius 1 is 0.863 bits per heavy atom. The van der Waals surface area contributed by atoms with Crippen LogP contribution in [0.25, 0.3) is 43.2 Å². The van der Waals surface area contributed by atoms with Gasteiger partial charge in [-0.25, -0.2) is 29.1 Å². The molecule has 4 aromatic carbocycles. The van der Waals surface area contributed by atoms with Crippen molar-refractivity contribution >= 4 is 39.1 Å². The number of benzene rings is 4. The van der Waals surface area contributed by atoms with Gasteiger partial charge in [0.25, 0.3) is 0 Å². The molecule has 382 valence electrons. The van der Waals surface area contributed by atoms with Crippen LogP contribution in [0.1, 0.15) is 16.8 Å². The topological polar surface area (TPSA) is 169 Å². The second kappa shape index (κ2) is 24.5. The number of fused-ring (bicyclic) bond motifs is 7. The van der Waals surface area contributed by atoms with Gasteiger partial charge in [-0.2, -0.15) is 0 Å². The molecule has 2 atom stereocenters. The zero-order chi connectivity index (χ0) is 50.7. The molecule has 0 aliphatic carbocycles. The van der Waals surface area contributed by atoms with Crippen LogP contribution in [0.3, 0.4) is 0 Å². The number of para-hydroxylation sites is 1. The second-order valence-corrected chi connectivity index (χ2v) is 18.9. The Kier molecular flexibility index (Phi) is 17.2. The summed E-state index contributed by atoms with van der Waals surface area (Å²) in [7, 11) is 3.74. The van der Waals surface area contributed by atoms with Crippen LogP contribution in [0.5, 0.6) is 28.9 Å². The first-order chi connectivity index (χ1) is 35.6. The first-order valence-electron chi connectivity index (χ1n) is 24.0. The van der Waals surface area contributed by atoms with Gasteiger partial charge in [-0.15, -0.1) is 11.3 Å². The molecule has 1 N–H and O–H groups in total. The fraction of sp³-hybridized carbons (Fsp3) is 0.352. The summed E-state index contributed by atoms with van der Waals surface area (Å²) in [5.74, 6) is 0.789. The van der Waals surface area contributed by atoms with Crippen molar-refractivity contribution < 1.29 is 52.2 Å². The Balaban J connectivity index is 1.03. The first kappa shape index (κ1) is 51.4. The highest BCUT2D eigenvalue weighted by Crippen LogP contribution is 2.50. The lowest BCUT2D eigenvalue weighted by molar-refractivity contribution is -0.145. The standard InChI is InChI=1S/C54H56ClFN6O10S/c1-34-41-13-15-45(49(34)55)71-40(30-62-20-18-61(2)19-21-62)32-69-39-12-14-43(70-31-38-16-17-57-51(60-38)42-6-4-5-7-44(42)68-27-26-67-25-24-66-23-22-65-3)36(28-39)29-46(54(63)64)72-52-48-47(41)50(73-53(48)59-33-58-52)35-8-10-37(56)11-9-35/h4-17,28,33,40,46H,18-27,29-32H2,1-3H3,(H,63,64)/t40-,46+/m1/s1. The van der Waals surface area contributed by atoms with Gasteiger partial charge in [0.05, 0.1) is 54.7 Å². The number of ether oxygens (including phenoxy) is 8. The monoisotopic (exact) mass is 1030 g/mol. The summed E-state index contributed by atoms with van der Waals surface area (Å²) in [6.45, 7) is 8.76. The van der Waals surface area contributed by atoms with Crippen molar-refractivity contribution in [3.63, 3.8) is 0 Å². The fourth-order valence-corrected chi connectivity index (χ4v) is 9.92. The van der Waals surface area contributed by atoms with Gasteiger partial charge < -0.3 is 47.9 Å². The smallest absolute Gasteiger partial charge is 0.345 e. The second-order valence-electron chi connectivity index (χ2n) is 17.5. The summed E-state index contributed by atoms with van der Waals surface area (Å²) < 4.78 is 62.8. The molecule has 10 rings (SSSR count). The minimum Gasteiger partial charge on any atom is -0.490 e. The average Bonchev–Trinajstić information content (AvgIpc) is 3.79. The number of hydrogen-bond donors (Lipinski definition) is 1. The Morgan fingerprint density at radius 2 is 1.64 bits per heavy atom. The van der Waals surface area contributed by atoms with E-state index in [1.54, 1.807) is 49.7 Å². The molecular weight excluding hydrogens is 979 g/mol. The van der Waals surface area contributed by atoms with E-state index in [2.05, 4.69) is 31.8 Å². The maximum absolute atomic E-state index is 14.3. The molecule has 73 heavy (non-hydrogen) atoms. The van der Waals surface area contributed by atoms with E-state index in [1.165, 1.54) is 29.8 Å². The van der Waals surface area contributed by atoms with Gasteiger partial charge in [0.15, 0.2) is 5.82 Å². The Hall–Kier alpha value is -6.51. The average molecular weight is 1040 g/mol. The minimum atomic E-state index is -1.46. The zero-order valence-electron chi connectivity index (χ0n) is 40.8. The number of likely N-dealkylation sites (N-methyl/N-ethyl adjacent to an activating group) is 1. The molecule has 4 bridgehead atoms. The lowest BCUT2D eigenvalue weighted by atomic mass is 9.96. The van der Waals surface area contributed by atoms with E-state index >= 15 is 0 Å². The number of halogens is 2. The zero-order valence-corrected chi connectivity index (χ0v) is 42.3. The van der Waals surface area contributed by atoms with E-state index in [0.29, 0.717) is 118 Å². The van der Waals surface area contributed by atoms with E-state index in [1.807, 2.05) is 43.3 Å².